The lowest BCUT2D eigenvalue weighted by Crippen LogP contribution is -2.48. The van der Waals surface area contributed by atoms with Gasteiger partial charge in [0.25, 0.3) is 15.9 Å². The molecule has 1 fully saturated rings. The molecular weight excluding hydrogens is 452 g/mol. The highest BCUT2D eigenvalue weighted by Crippen LogP contribution is 2.23. The van der Waals surface area contributed by atoms with E-state index >= 15 is 0 Å². The van der Waals surface area contributed by atoms with Crippen molar-refractivity contribution in [2.75, 3.05) is 13.1 Å². The van der Waals surface area contributed by atoms with Crippen LogP contribution in [-0.4, -0.2) is 52.2 Å². The number of carbonyl (C=O) groups excluding carboxylic acids is 2. The van der Waals surface area contributed by atoms with Crippen LogP contribution in [0.15, 0.2) is 28.0 Å². The monoisotopic (exact) mass is 472 g/mol. The summed E-state index contributed by atoms with van der Waals surface area (Å²) < 4.78 is 29.1. The smallest absolute Gasteiger partial charge is 0.286 e. The van der Waals surface area contributed by atoms with Gasteiger partial charge in [-0.2, -0.15) is 4.31 Å². The third-order valence-corrected chi connectivity index (χ3v) is 6.94. The fourth-order valence-corrected chi connectivity index (χ4v) is 4.77. The molecule has 12 heteroatoms. The standard InChI is InChI=1S/C16H21BrN6O4S/c1-10-19-14(9-22(10)2)28(26,27)23-5-3-11(4-6-23)15(24)20-21-16(25)13-7-12(17)8-18-13/h7-9,11,18H,3-6H2,1-2H3,(H,20,24)(H,21,25). The first-order valence-electron chi connectivity index (χ1n) is 8.62. The molecule has 2 aromatic heterocycles. The highest BCUT2D eigenvalue weighted by atomic mass is 79.9. The molecule has 152 valence electrons. The summed E-state index contributed by atoms with van der Waals surface area (Å²) in [6.45, 7) is 2.16. The SMILES string of the molecule is Cc1nc(S(=O)(=O)N2CCC(C(=O)NNC(=O)c3cc(Br)c[nH]3)CC2)cn1C. The number of amides is 2. The van der Waals surface area contributed by atoms with Gasteiger partial charge in [-0.3, -0.25) is 20.4 Å². The number of piperidine rings is 1. The molecule has 1 aliphatic rings. The van der Waals surface area contributed by atoms with Crippen molar-refractivity contribution in [3.8, 4) is 0 Å². The van der Waals surface area contributed by atoms with Crippen LogP contribution in [0.2, 0.25) is 0 Å². The number of aryl methyl sites for hydroxylation is 2. The minimum absolute atomic E-state index is 0.0137. The van der Waals surface area contributed by atoms with Crippen LogP contribution in [0.4, 0.5) is 0 Å². The molecule has 1 saturated heterocycles. The first-order chi connectivity index (χ1) is 13.2. The van der Waals surface area contributed by atoms with Crippen molar-refractivity contribution in [2.24, 2.45) is 13.0 Å². The molecule has 2 amide bonds. The van der Waals surface area contributed by atoms with E-state index in [1.54, 1.807) is 30.8 Å². The fourth-order valence-electron chi connectivity index (χ4n) is 2.93. The average Bonchev–Trinajstić information content (AvgIpc) is 3.25. The Morgan fingerprint density at radius 1 is 1.29 bits per heavy atom. The van der Waals surface area contributed by atoms with Crippen molar-refractivity contribution in [1.82, 2.24) is 29.7 Å². The van der Waals surface area contributed by atoms with E-state index in [4.69, 9.17) is 0 Å². The zero-order valence-electron chi connectivity index (χ0n) is 15.4. The summed E-state index contributed by atoms with van der Waals surface area (Å²) in [7, 11) is -1.95. The van der Waals surface area contributed by atoms with Gasteiger partial charge in [-0.1, -0.05) is 0 Å². The van der Waals surface area contributed by atoms with Crippen molar-refractivity contribution in [1.29, 1.82) is 0 Å². The molecule has 28 heavy (non-hydrogen) atoms. The molecule has 10 nitrogen and oxygen atoms in total. The lowest BCUT2D eigenvalue weighted by atomic mass is 9.98. The number of halogens is 1. The first kappa shape index (κ1) is 20.6. The Morgan fingerprint density at radius 3 is 2.50 bits per heavy atom. The molecule has 2 aromatic rings. The van der Waals surface area contributed by atoms with Crippen LogP contribution in [0.1, 0.15) is 29.2 Å². The van der Waals surface area contributed by atoms with E-state index in [-0.39, 0.29) is 29.9 Å². The molecule has 3 heterocycles. The van der Waals surface area contributed by atoms with Crippen molar-refractivity contribution < 1.29 is 18.0 Å². The summed E-state index contributed by atoms with van der Waals surface area (Å²) in [4.78, 5) is 31.1. The van der Waals surface area contributed by atoms with Crippen LogP contribution in [0.5, 0.6) is 0 Å². The second-order valence-electron chi connectivity index (χ2n) is 6.59. The van der Waals surface area contributed by atoms with Gasteiger partial charge in [-0.25, -0.2) is 13.4 Å². The van der Waals surface area contributed by atoms with Gasteiger partial charge in [-0.05, 0) is 41.8 Å². The molecular formula is C16H21BrN6O4S. The molecule has 0 atom stereocenters. The number of nitrogens with zero attached hydrogens (tertiary/aromatic N) is 3. The largest absolute Gasteiger partial charge is 0.356 e. The molecule has 1 aliphatic heterocycles. The molecule has 0 unspecified atom stereocenters. The van der Waals surface area contributed by atoms with E-state index in [0.29, 0.717) is 24.4 Å². The quantitative estimate of drug-likeness (QED) is 0.563. The van der Waals surface area contributed by atoms with E-state index in [0.717, 1.165) is 4.47 Å². The number of nitrogens with one attached hydrogen (secondary N) is 3. The van der Waals surface area contributed by atoms with Crippen LogP contribution in [0, 0.1) is 12.8 Å². The third kappa shape index (κ3) is 4.28. The summed E-state index contributed by atoms with van der Waals surface area (Å²) >= 11 is 3.23. The van der Waals surface area contributed by atoms with Gasteiger partial charge in [0.15, 0.2) is 5.03 Å². The summed E-state index contributed by atoms with van der Waals surface area (Å²) in [6, 6.07) is 1.59. The maximum atomic E-state index is 12.7. The summed E-state index contributed by atoms with van der Waals surface area (Å²) in [5, 5.41) is 0.0137. The topological polar surface area (TPSA) is 129 Å². The Kier molecular flexibility index (Phi) is 5.91. The highest BCUT2D eigenvalue weighted by molar-refractivity contribution is 9.10. The molecule has 0 aromatic carbocycles. The Hall–Kier alpha value is -2.18. The van der Waals surface area contributed by atoms with Gasteiger partial charge in [0, 0.05) is 42.9 Å². The lowest BCUT2D eigenvalue weighted by Gasteiger charge is -2.29. The van der Waals surface area contributed by atoms with Gasteiger partial charge >= 0.3 is 0 Å². The molecule has 0 spiro atoms. The number of aromatic amines is 1. The Bertz CT molecular complexity index is 971. The second-order valence-corrected chi connectivity index (χ2v) is 9.39. The Morgan fingerprint density at radius 2 is 1.96 bits per heavy atom. The summed E-state index contributed by atoms with van der Waals surface area (Å²) in [5.41, 5.74) is 5.05. The van der Waals surface area contributed by atoms with Crippen LogP contribution >= 0.6 is 15.9 Å². The van der Waals surface area contributed by atoms with Crippen LogP contribution < -0.4 is 10.9 Å². The molecule has 0 bridgehead atoms. The number of H-pyrrole nitrogens is 1. The van der Waals surface area contributed by atoms with E-state index in [1.165, 1.54) is 10.5 Å². The number of hydrogen-bond donors (Lipinski definition) is 3. The zero-order valence-corrected chi connectivity index (χ0v) is 17.8. The normalized spacial score (nSPS) is 16.1. The Labute approximate surface area is 170 Å². The number of imidazole rings is 1. The molecule has 0 radical (unpaired) electrons. The second kappa shape index (κ2) is 8.05. The first-order valence-corrected chi connectivity index (χ1v) is 10.9. The highest BCUT2D eigenvalue weighted by Gasteiger charge is 2.33. The number of hydrazine groups is 1. The number of carbonyl (C=O) groups is 2. The van der Waals surface area contributed by atoms with Gasteiger partial charge in [-0.15, -0.1) is 0 Å². The van der Waals surface area contributed by atoms with Crippen LogP contribution in [-0.2, 0) is 21.9 Å². The fraction of sp³-hybridized carbons (Fsp3) is 0.438. The number of sulfonamides is 1. The van der Waals surface area contributed by atoms with Crippen molar-refractivity contribution in [2.45, 2.75) is 24.8 Å². The minimum atomic E-state index is -3.68. The number of rotatable bonds is 4. The number of hydrogen-bond acceptors (Lipinski definition) is 5. The van der Waals surface area contributed by atoms with E-state index in [2.05, 4.69) is 36.7 Å². The lowest BCUT2D eigenvalue weighted by molar-refractivity contribution is -0.126. The zero-order chi connectivity index (χ0) is 20.5. The maximum Gasteiger partial charge on any atom is 0.286 e. The van der Waals surface area contributed by atoms with Crippen molar-refractivity contribution >= 4 is 37.8 Å². The third-order valence-electron chi connectivity index (χ3n) is 4.71. The Balaban J connectivity index is 1.53. The number of aromatic nitrogens is 3. The molecule has 0 saturated carbocycles. The summed E-state index contributed by atoms with van der Waals surface area (Å²) in [5.74, 6) is -0.584. The molecule has 0 aliphatic carbocycles. The van der Waals surface area contributed by atoms with Gasteiger partial charge in [0.2, 0.25) is 5.91 Å². The predicted molar refractivity (Wildman–Crippen MR) is 104 cm³/mol. The van der Waals surface area contributed by atoms with Gasteiger partial charge in [0.1, 0.15) is 11.5 Å². The van der Waals surface area contributed by atoms with E-state index < -0.39 is 15.9 Å². The van der Waals surface area contributed by atoms with Crippen LogP contribution in [0.3, 0.4) is 0 Å². The van der Waals surface area contributed by atoms with E-state index in [9.17, 15) is 18.0 Å². The van der Waals surface area contributed by atoms with Crippen molar-refractivity contribution in [3.05, 3.63) is 34.5 Å². The minimum Gasteiger partial charge on any atom is -0.356 e. The molecule has 3 rings (SSSR count). The summed E-state index contributed by atoms with van der Waals surface area (Å²) in [6.07, 6.45) is 3.82. The predicted octanol–water partition coefficient (Wildman–Crippen LogP) is 0.681. The van der Waals surface area contributed by atoms with Crippen LogP contribution in [0.25, 0.3) is 0 Å². The average molecular weight is 473 g/mol. The maximum absolute atomic E-state index is 12.7. The molecule has 3 N–H and O–H groups in total. The van der Waals surface area contributed by atoms with Crippen molar-refractivity contribution in [3.63, 3.8) is 0 Å². The van der Waals surface area contributed by atoms with Gasteiger partial charge < -0.3 is 9.55 Å². The van der Waals surface area contributed by atoms with E-state index in [1.807, 2.05) is 0 Å². The van der Waals surface area contributed by atoms with Gasteiger partial charge in [0.05, 0.1) is 0 Å².